The maximum Gasteiger partial charge on any atom is 0.311 e. The molecule has 1 atom stereocenters. The lowest BCUT2D eigenvalue weighted by atomic mass is 9.97. The molecule has 2 heterocycles. The Labute approximate surface area is 496 Å². The molecule has 3 aromatic carbocycles. The number of rotatable bonds is 45. The Morgan fingerprint density at radius 3 is 1.54 bits per heavy atom. The summed E-state index contributed by atoms with van der Waals surface area (Å²) in [6.45, 7) is 9.41. The molecule has 4 aromatic rings. The molecule has 13 heteroatoms. The van der Waals surface area contributed by atoms with Gasteiger partial charge in [-0.1, -0.05) is 181 Å². The van der Waals surface area contributed by atoms with E-state index in [0.29, 0.717) is 33.7 Å². The molecule has 12 nitrogen and oxygen atoms in total. The molecule has 0 aliphatic carbocycles. The molecule has 1 N–H and O–H groups in total. The minimum absolute atomic E-state index is 0.0923. The molecule has 0 saturated carbocycles. The molecule has 1 fully saturated rings. The first kappa shape index (κ1) is 67.5. The van der Waals surface area contributed by atoms with Crippen molar-refractivity contribution in [1.82, 2.24) is 4.90 Å². The summed E-state index contributed by atoms with van der Waals surface area (Å²) >= 11 is 1.39. The number of hydrogen-bond donors (Lipinski definition) is 1. The Hall–Kier alpha value is -5.27. The molecule has 1 aromatic heterocycles. The van der Waals surface area contributed by atoms with E-state index in [-0.39, 0.29) is 68.1 Å². The van der Waals surface area contributed by atoms with Crippen LogP contribution < -0.4 is 9.47 Å². The van der Waals surface area contributed by atoms with Gasteiger partial charge in [0.15, 0.2) is 11.9 Å². The van der Waals surface area contributed by atoms with Crippen LogP contribution >= 0.6 is 11.3 Å². The zero-order valence-corrected chi connectivity index (χ0v) is 51.3. The summed E-state index contributed by atoms with van der Waals surface area (Å²) < 4.78 is 29.5. The quantitative estimate of drug-likeness (QED) is 0.0147. The van der Waals surface area contributed by atoms with E-state index in [1.807, 2.05) is 12.1 Å². The summed E-state index contributed by atoms with van der Waals surface area (Å²) in [5.41, 5.74) is 1.76. The summed E-state index contributed by atoms with van der Waals surface area (Å²) in [5, 5.41) is 10.8. The average Bonchev–Trinajstić information content (AvgIpc) is 4.01. The lowest BCUT2D eigenvalue weighted by molar-refractivity contribution is -0.167. The summed E-state index contributed by atoms with van der Waals surface area (Å²) in [5.74, 6) is -1.47. The van der Waals surface area contributed by atoms with E-state index in [1.165, 1.54) is 146 Å². The highest BCUT2D eigenvalue weighted by Gasteiger charge is 2.25. The number of unbranched alkanes of at least 4 members (excludes halogenated alkanes) is 24. The van der Waals surface area contributed by atoms with Gasteiger partial charge in [0.05, 0.1) is 0 Å². The van der Waals surface area contributed by atoms with Crippen molar-refractivity contribution in [3.05, 3.63) is 77.9 Å². The zero-order valence-electron chi connectivity index (χ0n) is 50.5. The number of ether oxygens (including phenoxy) is 5. The highest BCUT2D eigenvalue weighted by Crippen LogP contribution is 2.42. The maximum atomic E-state index is 14.4. The molecule has 5 rings (SSSR count). The van der Waals surface area contributed by atoms with E-state index in [4.69, 9.17) is 23.7 Å². The summed E-state index contributed by atoms with van der Waals surface area (Å²) in [6, 6.07) is 19.1. The van der Waals surface area contributed by atoms with Crippen molar-refractivity contribution in [3.8, 4) is 27.7 Å². The number of hydrogen-bond acceptors (Lipinski definition) is 13. The van der Waals surface area contributed by atoms with Crippen LogP contribution in [0.15, 0.2) is 66.7 Å². The number of phenols is 1. The van der Waals surface area contributed by atoms with E-state index in [0.717, 1.165) is 81.3 Å². The van der Waals surface area contributed by atoms with Gasteiger partial charge in [-0.3, -0.25) is 28.9 Å². The van der Waals surface area contributed by atoms with Crippen LogP contribution in [0.3, 0.4) is 0 Å². The van der Waals surface area contributed by atoms with Crippen LogP contribution in [0.5, 0.6) is 17.2 Å². The fraction of sp³-hybridized carbons (Fsp3) is 0.638. The number of carbonyl (C=O) groups is 5. The second-order valence-electron chi connectivity index (χ2n) is 23.1. The lowest BCUT2D eigenvalue weighted by Gasteiger charge is -2.26. The van der Waals surface area contributed by atoms with Gasteiger partial charge in [-0.2, -0.15) is 0 Å². The van der Waals surface area contributed by atoms with Gasteiger partial charge in [0.25, 0.3) is 0 Å². The van der Waals surface area contributed by atoms with Gasteiger partial charge >= 0.3 is 23.9 Å². The Morgan fingerprint density at radius 2 is 1.02 bits per heavy atom. The Balaban J connectivity index is 1.09. The number of likely N-dealkylation sites (tertiary alicyclic amines) is 1. The molecule has 1 aliphatic rings. The van der Waals surface area contributed by atoms with Gasteiger partial charge in [-0.15, -0.1) is 11.3 Å². The molecule has 0 amide bonds. The Bertz CT molecular complexity index is 2380. The van der Waals surface area contributed by atoms with Crippen molar-refractivity contribution >= 4 is 51.1 Å². The third-order valence-corrected chi connectivity index (χ3v) is 16.9. The largest absolute Gasteiger partial charge is 0.508 e. The van der Waals surface area contributed by atoms with Crippen LogP contribution in [-0.2, 0) is 33.4 Å². The normalized spacial score (nSPS) is 13.1. The van der Waals surface area contributed by atoms with E-state index in [1.54, 1.807) is 61.5 Å². The average molecular weight is 1150 g/mol. The minimum Gasteiger partial charge on any atom is -0.508 e. The van der Waals surface area contributed by atoms with Crippen molar-refractivity contribution in [2.45, 2.75) is 239 Å². The third kappa shape index (κ3) is 27.4. The van der Waals surface area contributed by atoms with Crippen LogP contribution in [0.25, 0.3) is 20.5 Å². The standard InChI is InChI=1S/C69H101NO11S/c1-4-6-8-10-12-14-16-18-20-22-24-26-29-33-63(72)78-52-60(53-79-64(73)34-30-27-25-23-21-19-17-15-13-11-9-7-5-2)81-66(75)50-54(3)49-65(74)80-59-43-44-61-62(51-59)82-69(56-35-39-57(71)40-36-56)67(61)68(76)55-37-41-58(42-38-55)77-48-47-70-45-31-28-32-46-70/h35-44,51,54,60,71H,4-34,45-50,52-53H2,1-3H3. The van der Waals surface area contributed by atoms with Crippen LogP contribution in [0.2, 0.25) is 0 Å². The van der Waals surface area contributed by atoms with Crippen LogP contribution in [0.4, 0.5) is 0 Å². The highest BCUT2D eigenvalue weighted by molar-refractivity contribution is 7.22. The molecule has 0 bridgehead atoms. The number of aromatic hydroxyl groups is 1. The van der Waals surface area contributed by atoms with Crippen molar-refractivity contribution in [1.29, 1.82) is 0 Å². The van der Waals surface area contributed by atoms with Crippen LogP contribution in [-0.4, -0.2) is 85.2 Å². The van der Waals surface area contributed by atoms with Gasteiger partial charge in [0.1, 0.15) is 37.1 Å². The summed E-state index contributed by atoms with van der Waals surface area (Å²) in [7, 11) is 0. The van der Waals surface area contributed by atoms with Crippen molar-refractivity contribution in [3.63, 3.8) is 0 Å². The van der Waals surface area contributed by atoms with Gasteiger partial charge < -0.3 is 28.8 Å². The number of thiophene rings is 1. The molecule has 1 saturated heterocycles. The van der Waals surface area contributed by atoms with Gasteiger partial charge in [-0.05, 0) is 117 Å². The number of benzene rings is 3. The summed E-state index contributed by atoms with van der Waals surface area (Å²) in [4.78, 5) is 70.0. The minimum atomic E-state index is -0.994. The summed E-state index contributed by atoms with van der Waals surface area (Å²) in [6.07, 6.45) is 34.3. The highest BCUT2D eigenvalue weighted by atomic mass is 32.1. The van der Waals surface area contributed by atoms with Gasteiger partial charge in [-0.25, -0.2) is 0 Å². The van der Waals surface area contributed by atoms with Crippen LogP contribution in [0.1, 0.15) is 249 Å². The second kappa shape index (κ2) is 40.9. The first-order chi connectivity index (χ1) is 40.0. The predicted molar refractivity (Wildman–Crippen MR) is 331 cm³/mol. The second-order valence-corrected chi connectivity index (χ2v) is 24.1. The fourth-order valence-electron chi connectivity index (χ4n) is 10.8. The molecule has 0 radical (unpaired) electrons. The number of carbonyl (C=O) groups excluding carboxylic acids is 5. The van der Waals surface area contributed by atoms with E-state index in [9.17, 15) is 29.1 Å². The molecule has 454 valence electrons. The third-order valence-electron chi connectivity index (χ3n) is 15.6. The van der Waals surface area contributed by atoms with E-state index < -0.39 is 24.0 Å². The van der Waals surface area contributed by atoms with Crippen molar-refractivity contribution in [2.24, 2.45) is 5.92 Å². The first-order valence-electron chi connectivity index (χ1n) is 32.1. The topological polar surface area (TPSA) is 155 Å². The molecule has 0 spiro atoms. The number of ketones is 1. The van der Waals surface area contributed by atoms with E-state index in [2.05, 4.69) is 18.7 Å². The molecule has 82 heavy (non-hydrogen) atoms. The van der Waals surface area contributed by atoms with Crippen molar-refractivity contribution in [2.75, 3.05) is 39.5 Å². The predicted octanol–water partition coefficient (Wildman–Crippen LogP) is 17.7. The number of esters is 4. The molecular formula is C69H101NO11S. The zero-order chi connectivity index (χ0) is 58.4. The smallest absolute Gasteiger partial charge is 0.311 e. The number of fused-ring (bicyclic) bond motifs is 1. The Morgan fingerprint density at radius 1 is 0.549 bits per heavy atom. The Kier molecular flexibility index (Phi) is 33.6. The maximum absolute atomic E-state index is 14.4. The number of piperidine rings is 1. The van der Waals surface area contributed by atoms with Crippen LogP contribution in [0, 0.1) is 5.92 Å². The number of phenolic OH excluding ortho intramolecular Hbond substituents is 1. The lowest BCUT2D eigenvalue weighted by Crippen LogP contribution is -2.33. The van der Waals surface area contributed by atoms with Gasteiger partial charge in [0, 0.05) is 58.3 Å². The van der Waals surface area contributed by atoms with Gasteiger partial charge in [0.2, 0.25) is 0 Å². The molecular weight excluding hydrogens is 1050 g/mol. The number of nitrogens with zero attached hydrogens (tertiary/aromatic N) is 1. The molecule has 1 unspecified atom stereocenters. The van der Waals surface area contributed by atoms with Crippen molar-refractivity contribution < 1.29 is 52.8 Å². The monoisotopic (exact) mass is 1150 g/mol. The SMILES string of the molecule is CCCCCCCCCCCCCCCC(=O)OCC(COC(=O)CCCCCCCCCCCCCCC)OC(=O)CC(C)CC(=O)Oc1ccc2c(C(=O)c3ccc(OCCN4CCCCC4)cc3)c(-c3ccc(O)cc3)sc2c1. The fourth-order valence-corrected chi connectivity index (χ4v) is 12.0. The molecule has 1 aliphatic heterocycles. The van der Waals surface area contributed by atoms with E-state index >= 15 is 0 Å². The first-order valence-corrected chi connectivity index (χ1v) is 32.9.